The molecule has 0 aliphatic rings. The van der Waals surface area contributed by atoms with Gasteiger partial charge in [0.05, 0.1) is 11.1 Å². The molecule has 22 heavy (non-hydrogen) atoms. The summed E-state index contributed by atoms with van der Waals surface area (Å²) in [6, 6.07) is 13.3. The maximum absolute atomic E-state index is 12.1. The van der Waals surface area contributed by atoms with E-state index in [0.29, 0.717) is 5.56 Å². The minimum Gasteiger partial charge on any atom is -0.478 e. The number of aromatic carboxylic acids is 1. The average molecular weight is 298 g/mol. The third-order valence-electron chi connectivity index (χ3n) is 3.25. The number of hydrogen-bond donors (Lipinski definition) is 1. The number of rotatable bonds is 6. The van der Waals surface area contributed by atoms with Crippen LogP contribution in [0.2, 0.25) is 0 Å². The Bertz CT molecular complexity index is 662. The summed E-state index contributed by atoms with van der Waals surface area (Å²) in [5, 5.41) is 9.17. The molecule has 2 aromatic rings. The zero-order valence-corrected chi connectivity index (χ0v) is 12.4. The molecular weight excluding hydrogens is 280 g/mol. The van der Waals surface area contributed by atoms with Crippen molar-refractivity contribution in [1.82, 2.24) is 0 Å². The van der Waals surface area contributed by atoms with Crippen molar-refractivity contribution in [3.63, 3.8) is 0 Å². The first kappa shape index (κ1) is 15.8. The fourth-order valence-corrected chi connectivity index (χ4v) is 2.11. The zero-order valence-electron chi connectivity index (χ0n) is 12.4. The molecule has 0 atom stereocenters. The Hall–Kier alpha value is -2.62. The number of aryl methyl sites for hydroxylation is 1. The van der Waals surface area contributed by atoms with Crippen LogP contribution in [0.3, 0.4) is 0 Å². The molecule has 2 aromatic carbocycles. The Kier molecular flexibility index (Phi) is 5.31. The summed E-state index contributed by atoms with van der Waals surface area (Å²) in [5.41, 5.74) is 1.42. The lowest BCUT2D eigenvalue weighted by molar-refractivity contribution is 0.0687. The van der Waals surface area contributed by atoms with Gasteiger partial charge in [-0.1, -0.05) is 31.5 Å². The highest BCUT2D eigenvalue weighted by Crippen LogP contribution is 2.20. The molecule has 0 saturated carbocycles. The number of unbranched alkanes of at least 4 members (excludes halogenated alkanes) is 1. The van der Waals surface area contributed by atoms with Crippen LogP contribution in [0.4, 0.5) is 0 Å². The van der Waals surface area contributed by atoms with E-state index in [9.17, 15) is 9.59 Å². The molecule has 0 bridgehead atoms. The molecule has 1 N–H and O–H groups in total. The molecular formula is C18H18O4. The molecule has 0 saturated heterocycles. The highest BCUT2D eigenvalue weighted by atomic mass is 16.5. The summed E-state index contributed by atoms with van der Waals surface area (Å²) >= 11 is 0. The smallest absolute Gasteiger partial charge is 0.343 e. The van der Waals surface area contributed by atoms with E-state index in [1.54, 1.807) is 36.4 Å². The first-order chi connectivity index (χ1) is 10.6. The monoisotopic (exact) mass is 298 g/mol. The van der Waals surface area contributed by atoms with Gasteiger partial charge in [0.25, 0.3) is 0 Å². The molecule has 0 fully saturated rings. The van der Waals surface area contributed by atoms with Gasteiger partial charge in [0.2, 0.25) is 0 Å². The predicted octanol–water partition coefficient (Wildman–Crippen LogP) is 3.95. The summed E-state index contributed by atoms with van der Waals surface area (Å²) < 4.78 is 5.31. The lowest BCUT2D eigenvalue weighted by atomic mass is 10.0. The second-order valence-corrected chi connectivity index (χ2v) is 5.03. The van der Waals surface area contributed by atoms with Gasteiger partial charge in [-0.15, -0.1) is 0 Å². The van der Waals surface area contributed by atoms with Crippen LogP contribution >= 0.6 is 0 Å². The van der Waals surface area contributed by atoms with Gasteiger partial charge >= 0.3 is 11.9 Å². The van der Waals surface area contributed by atoms with Crippen molar-refractivity contribution >= 4 is 11.9 Å². The SMILES string of the molecule is CCCCc1cc(OC(=O)c2ccccc2)cc(C(=O)O)c1. The van der Waals surface area contributed by atoms with E-state index < -0.39 is 11.9 Å². The van der Waals surface area contributed by atoms with Crippen LogP contribution < -0.4 is 4.74 Å². The van der Waals surface area contributed by atoms with Crippen molar-refractivity contribution in [2.45, 2.75) is 26.2 Å². The van der Waals surface area contributed by atoms with Crippen LogP contribution in [0, 0.1) is 0 Å². The summed E-state index contributed by atoms with van der Waals surface area (Å²) in [7, 11) is 0. The molecule has 0 aliphatic heterocycles. The van der Waals surface area contributed by atoms with Gasteiger partial charge in [-0.05, 0) is 48.7 Å². The highest BCUT2D eigenvalue weighted by Gasteiger charge is 2.12. The Balaban J connectivity index is 2.23. The van der Waals surface area contributed by atoms with E-state index in [4.69, 9.17) is 9.84 Å². The number of benzene rings is 2. The van der Waals surface area contributed by atoms with Crippen molar-refractivity contribution in [3.8, 4) is 5.75 Å². The van der Waals surface area contributed by atoms with Crippen molar-refractivity contribution in [1.29, 1.82) is 0 Å². The Morgan fingerprint density at radius 2 is 1.77 bits per heavy atom. The fourth-order valence-electron chi connectivity index (χ4n) is 2.11. The number of carbonyl (C=O) groups excluding carboxylic acids is 1. The van der Waals surface area contributed by atoms with Gasteiger partial charge < -0.3 is 9.84 Å². The first-order valence-corrected chi connectivity index (χ1v) is 7.24. The second kappa shape index (κ2) is 7.41. The van der Waals surface area contributed by atoms with Crippen molar-refractivity contribution in [2.75, 3.05) is 0 Å². The van der Waals surface area contributed by atoms with E-state index >= 15 is 0 Å². The molecule has 4 nitrogen and oxygen atoms in total. The minimum absolute atomic E-state index is 0.129. The van der Waals surface area contributed by atoms with E-state index in [1.807, 2.05) is 6.07 Å². The lowest BCUT2D eigenvalue weighted by Gasteiger charge is -2.08. The third-order valence-corrected chi connectivity index (χ3v) is 3.25. The number of carbonyl (C=O) groups is 2. The lowest BCUT2D eigenvalue weighted by Crippen LogP contribution is -2.09. The maximum atomic E-state index is 12.1. The number of esters is 1. The number of ether oxygens (including phenoxy) is 1. The van der Waals surface area contributed by atoms with Gasteiger partial charge in [0, 0.05) is 0 Å². The van der Waals surface area contributed by atoms with Gasteiger partial charge in [0.1, 0.15) is 5.75 Å². The molecule has 114 valence electrons. The molecule has 0 radical (unpaired) electrons. The largest absolute Gasteiger partial charge is 0.478 e. The topological polar surface area (TPSA) is 63.6 Å². The maximum Gasteiger partial charge on any atom is 0.343 e. The summed E-state index contributed by atoms with van der Waals surface area (Å²) in [6.07, 6.45) is 2.72. The molecule has 0 aromatic heterocycles. The Morgan fingerprint density at radius 3 is 2.41 bits per heavy atom. The van der Waals surface area contributed by atoms with E-state index in [1.165, 1.54) is 6.07 Å². The summed E-state index contributed by atoms with van der Waals surface area (Å²) in [5.74, 6) is -1.26. The van der Waals surface area contributed by atoms with Crippen LogP contribution in [-0.2, 0) is 6.42 Å². The third kappa shape index (κ3) is 4.19. The highest BCUT2D eigenvalue weighted by molar-refractivity contribution is 5.92. The van der Waals surface area contributed by atoms with Crippen molar-refractivity contribution in [2.24, 2.45) is 0 Å². The molecule has 0 heterocycles. The minimum atomic E-state index is -1.03. The van der Waals surface area contributed by atoms with E-state index in [-0.39, 0.29) is 11.3 Å². The molecule has 0 aliphatic carbocycles. The van der Waals surface area contributed by atoms with Crippen molar-refractivity contribution in [3.05, 3.63) is 65.2 Å². The summed E-state index contributed by atoms with van der Waals surface area (Å²) in [6.45, 7) is 2.07. The zero-order chi connectivity index (χ0) is 15.9. The molecule has 0 spiro atoms. The fraction of sp³-hybridized carbons (Fsp3) is 0.222. The second-order valence-electron chi connectivity index (χ2n) is 5.03. The molecule has 0 unspecified atom stereocenters. The molecule has 4 heteroatoms. The van der Waals surface area contributed by atoms with Crippen molar-refractivity contribution < 1.29 is 19.4 Å². The number of carboxylic acid groups (broad SMARTS) is 1. The average Bonchev–Trinajstić information content (AvgIpc) is 2.53. The van der Waals surface area contributed by atoms with Gasteiger partial charge in [0.15, 0.2) is 0 Å². The molecule has 0 amide bonds. The Morgan fingerprint density at radius 1 is 1.05 bits per heavy atom. The van der Waals surface area contributed by atoms with Gasteiger partial charge in [-0.2, -0.15) is 0 Å². The van der Waals surface area contributed by atoms with Gasteiger partial charge in [-0.25, -0.2) is 9.59 Å². The van der Waals surface area contributed by atoms with Crippen LogP contribution in [0.25, 0.3) is 0 Å². The number of carboxylic acids is 1. The quantitative estimate of drug-likeness (QED) is 0.648. The number of hydrogen-bond acceptors (Lipinski definition) is 3. The van der Waals surface area contributed by atoms with E-state index in [0.717, 1.165) is 24.8 Å². The Labute approximate surface area is 129 Å². The standard InChI is InChI=1S/C18H18O4/c1-2-3-7-13-10-15(17(19)20)12-16(11-13)22-18(21)14-8-5-4-6-9-14/h4-6,8-12H,2-3,7H2,1H3,(H,19,20). The summed E-state index contributed by atoms with van der Waals surface area (Å²) in [4.78, 5) is 23.2. The molecule has 2 rings (SSSR count). The normalized spacial score (nSPS) is 10.2. The van der Waals surface area contributed by atoms with Crippen LogP contribution in [0.5, 0.6) is 5.75 Å². The van der Waals surface area contributed by atoms with Crippen LogP contribution in [0.1, 0.15) is 46.0 Å². The van der Waals surface area contributed by atoms with Crippen LogP contribution in [-0.4, -0.2) is 17.0 Å². The van der Waals surface area contributed by atoms with Gasteiger partial charge in [-0.3, -0.25) is 0 Å². The first-order valence-electron chi connectivity index (χ1n) is 7.24. The van der Waals surface area contributed by atoms with E-state index in [2.05, 4.69) is 6.92 Å². The van der Waals surface area contributed by atoms with Crippen LogP contribution in [0.15, 0.2) is 48.5 Å². The predicted molar refractivity (Wildman–Crippen MR) is 83.4 cm³/mol.